The highest BCUT2D eigenvalue weighted by molar-refractivity contribution is 5.84. The Labute approximate surface area is 155 Å². The first kappa shape index (κ1) is 18.2. The van der Waals surface area contributed by atoms with Gasteiger partial charge in [0, 0.05) is 11.9 Å². The van der Waals surface area contributed by atoms with Crippen LogP contribution in [-0.4, -0.2) is 12.0 Å². The van der Waals surface area contributed by atoms with Gasteiger partial charge in [0.2, 0.25) is 0 Å². The second-order valence-electron chi connectivity index (χ2n) is 7.10. The monoisotopic (exact) mass is 349 g/mol. The molecule has 3 rings (SSSR count). The summed E-state index contributed by atoms with van der Waals surface area (Å²) in [6.07, 6.45) is 0. The normalized spacial score (nSPS) is 11.3. The third kappa shape index (κ3) is 4.14. The van der Waals surface area contributed by atoms with Crippen molar-refractivity contribution in [2.75, 3.05) is 12.8 Å². The maximum Gasteiger partial charge on any atom is 0.124 e. The number of aromatic nitrogens is 1. The standard InChI is InChI=1S/C22H27N3O/c1-14(2)18-8-17(12-24-4)9-19(11-18)26-13-16-5-6-20-15(3)7-22(23)25-21(20)10-16/h5-11,14,24H,12-13H2,1-4H3,(H2,23,25). The van der Waals surface area contributed by atoms with Gasteiger partial charge >= 0.3 is 0 Å². The summed E-state index contributed by atoms with van der Waals surface area (Å²) >= 11 is 0. The number of pyridine rings is 1. The molecule has 0 unspecified atom stereocenters. The van der Waals surface area contributed by atoms with Crippen LogP contribution in [0.15, 0.2) is 42.5 Å². The fourth-order valence-electron chi connectivity index (χ4n) is 3.14. The van der Waals surface area contributed by atoms with Crippen LogP contribution in [0.1, 0.15) is 42.0 Å². The average Bonchev–Trinajstić information content (AvgIpc) is 2.59. The van der Waals surface area contributed by atoms with Gasteiger partial charge in [-0.3, -0.25) is 0 Å². The van der Waals surface area contributed by atoms with Crippen LogP contribution >= 0.6 is 0 Å². The minimum Gasteiger partial charge on any atom is -0.489 e. The second kappa shape index (κ2) is 7.75. The van der Waals surface area contributed by atoms with Gasteiger partial charge in [-0.1, -0.05) is 32.0 Å². The summed E-state index contributed by atoms with van der Waals surface area (Å²) in [5.41, 5.74) is 11.5. The molecule has 0 bridgehead atoms. The zero-order chi connectivity index (χ0) is 18.7. The first-order chi connectivity index (χ1) is 12.5. The lowest BCUT2D eigenvalue weighted by Crippen LogP contribution is -2.06. The molecule has 0 aliphatic heterocycles. The van der Waals surface area contributed by atoms with E-state index in [0.29, 0.717) is 18.3 Å². The molecule has 3 N–H and O–H groups in total. The quantitative estimate of drug-likeness (QED) is 0.685. The molecule has 136 valence electrons. The predicted octanol–water partition coefficient (Wildman–Crippen LogP) is 4.55. The molecule has 0 aliphatic rings. The van der Waals surface area contributed by atoms with E-state index >= 15 is 0 Å². The summed E-state index contributed by atoms with van der Waals surface area (Å²) in [6.45, 7) is 7.78. The fourth-order valence-corrected chi connectivity index (χ4v) is 3.14. The third-order valence-electron chi connectivity index (χ3n) is 4.54. The van der Waals surface area contributed by atoms with Gasteiger partial charge in [0.15, 0.2) is 0 Å². The number of hydrogen-bond acceptors (Lipinski definition) is 4. The minimum atomic E-state index is 0.463. The van der Waals surface area contributed by atoms with Crippen LogP contribution in [0.4, 0.5) is 5.82 Å². The molecule has 1 aromatic heterocycles. The third-order valence-corrected chi connectivity index (χ3v) is 4.54. The Hall–Kier alpha value is -2.59. The van der Waals surface area contributed by atoms with Crippen molar-refractivity contribution in [2.24, 2.45) is 0 Å². The summed E-state index contributed by atoms with van der Waals surface area (Å²) in [5.74, 6) is 1.91. The topological polar surface area (TPSA) is 60.2 Å². The minimum absolute atomic E-state index is 0.463. The Morgan fingerprint density at radius 1 is 1.08 bits per heavy atom. The summed E-state index contributed by atoms with van der Waals surface area (Å²) in [5, 5.41) is 4.33. The van der Waals surface area contributed by atoms with Crippen LogP contribution in [0.3, 0.4) is 0 Å². The number of rotatable bonds is 6. The number of nitrogens with zero attached hydrogens (tertiary/aromatic N) is 1. The Balaban J connectivity index is 1.83. The molecule has 0 saturated carbocycles. The summed E-state index contributed by atoms with van der Waals surface area (Å²) in [6, 6.07) is 14.6. The SMILES string of the molecule is CNCc1cc(OCc2ccc3c(C)cc(N)nc3c2)cc(C(C)C)c1. The fraction of sp³-hybridized carbons (Fsp3) is 0.318. The first-order valence-electron chi connectivity index (χ1n) is 9.03. The van der Waals surface area contributed by atoms with E-state index in [2.05, 4.69) is 67.5 Å². The van der Waals surface area contributed by atoms with Crippen molar-refractivity contribution in [3.63, 3.8) is 0 Å². The van der Waals surface area contributed by atoms with E-state index in [1.54, 1.807) is 0 Å². The van der Waals surface area contributed by atoms with Crippen molar-refractivity contribution >= 4 is 16.7 Å². The van der Waals surface area contributed by atoms with Gasteiger partial charge in [0.05, 0.1) is 5.52 Å². The molecule has 0 radical (unpaired) electrons. The van der Waals surface area contributed by atoms with E-state index in [1.165, 1.54) is 11.1 Å². The van der Waals surface area contributed by atoms with E-state index < -0.39 is 0 Å². The Kier molecular flexibility index (Phi) is 5.43. The lowest BCUT2D eigenvalue weighted by molar-refractivity contribution is 0.305. The lowest BCUT2D eigenvalue weighted by atomic mass is 10.0. The van der Waals surface area contributed by atoms with E-state index in [9.17, 15) is 0 Å². The highest BCUT2D eigenvalue weighted by Gasteiger charge is 2.07. The number of anilines is 1. The van der Waals surface area contributed by atoms with E-state index in [0.717, 1.165) is 34.3 Å². The van der Waals surface area contributed by atoms with Crippen molar-refractivity contribution in [3.05, 3.63) is 64.7 Å². The van der Waals surface area contributed by atoms with E-state index in [-0.39, 0.29) is 0 Å². The van der Waals surface area contributed by atoms with Gasteiger partial charge in [0.25, 0.3) is 0 Å². The largest absolute Gasteiger partial charge is 0.489 e. The average molecular weight is 349 g/mol. The van der Waals surface area contributed by atoms with Gasteiger partial charge in [-0.2, -0.15) is 0 Å². The summed E-state index contributed by atoms with van der Waals surface area (Å²) in [7, 11) is 1.96. The number of nitrogen functional groups attached to an aromatic ring is 1. The molecule has 3 aromatic rings. The second-order valence-corrected chi connectivity index (χ2v) is 7.10. The molecule has 4 nitrogen and oxygen atoms in total. The van der Waals surface area contributed by atoms with Crippen molar-refractivity contribution in [1.29, 1.82) is 0 Å². The van der Waals surface area contributed by atoms with Gasteiger partial charge in [-0.25, -0.2) is 4.98 Å². The number of fused-ring (bicyclic) bond motifs is 1. The van der Waals surface area contributed by atoms with Crippen molar-refractivity contribution < 1.29 is 4.74 Å². The zero-order valence-corrected chi connectivity index (χ0v) is 16.0. The Bertz CT molecular complexity index is 919. The number of nitrogens with one attached hydrogen (secondary N) is 1. The smallest absolute Gasteiger partial charge is 0.124 e. The first-order valence-corrected chi connectivity index (χ1v) is 9.03. The maximum atomic E-state index is 6.09. The molecule has 0 fully saturated rings. The molecule has 0 amide bonds. The lowest BCUT2D eigenvalue weighted by Gasteiger charge is -2.14. The molecule has 2 aromatic carbocycles. The summed E-state index contributed by atoms with van der Waals surface area (Å²) < 4.78 is 6.09. The van der Waals surface area contributed by atoms with Crippen LogP contribution in [0.5, 0.6) is 5.75 Å². The highest BCUT2D eigenvalue weighted by Crippen LogP contribution is 2.25. The van der Waals surface area contributed by atoms with Gasteiger partial charge < -0.3 is 15.8 Å². The Morgan fingerprint density at radius 2 is 1.88 bits per heavy atom. The van der Waals surface area contributed by atoms with Gasteiger partial charge in [-0.15, -0.1) is 0 Å². The van der Waals surface area contributed by atoms with Crippen LogP contribution in [-0.2, 0) is 13.2 Å². The predicted molar refractivity (Wildman–Crippen MR) is 109 cm³/mol. The number of hydrogen-bond donors (Lipinski definition) is 2. The number of aryl methyl sites for hydroxylation is 1. The van der Waals surface area contributed by atoms with Gasteiger partial charge in [0.1, 0.15) is 18.2 Å². The number of ether oxygens (including phenoxy) is 1. The number of nitrogens with two attached hydrogens (primary N) is 1. The van der Waals surface area contributed by atoms with E-state index in [1.807, 2.05) is 13.1 Å². The molecule has 0 saturated heterocycles. The van der Waals surface area contributed by atoms with Crippen LogP contribution < -0.4 is 15.8 Å². The van der Waals surface area contributed by atoms with Crippen LogP contribution in [0, 0.1) is 6.92 Å². The van der Waals surface area contributed by atoms with Gasteiger partial charge in [-0.05, 0) is 66.4 Å². The van der Waals surface area contributed by atoms with Crippen molar-refractivity contribution in [3.8, 4) is 5.75 Å². The zero-order valence-electron chi connectivity index (χ0n) is 16.0. The molecular formula is C22H27N3O. The Morgan fingerprint density at radius 3 is 2.62 bits per heavy atom. The highest BCUT2D eigenvalue weighted by atomic mass is 16.5. The number of benzene rings is 2. The molecule has 26 heavy (non-hydrogen) atoms. The van der Waals surface area contributed by atoms with Crippen molar-refractivity contribution in [1.82, 2.24) is 10.3 Å². The maximum absolute atomic E-state index is 6.09. The summed E-state index contributed by atoms with van der Waals surface area (Å²) in [4.78, 5) is 4.44. The molecule has 0 aliphatic carbocycles. The molecule has 1 heterocycles. The van der Waals surface area contributed by atoms with Crippen LogP contribution in [0.2, 0.25) is 0 Å². The molecule has 0 atom stereocenters. The van der Waals surface area contributed by atoms with Crippen LogP contribution in [0.25, 0.3) is 10.9 Å². The molecule has 4 heteroatoms. The molecular weight excluding hydrogens is 322 g/mol. The molecule has 0 spiro atoms. The van der Waals surface area contributed by atoms with E-state index in [4.69, 9.17) is 10.5 Å². The van der Waals surface area contributed by atoms with Crippen molar-refractivity contribution in [2.45, 2.75) is 39.8 Å².